The molecule has 88 valence electrons. The highest BCUT2D eigenvalue weighted by Gasteiger charge is 2.35. The predicted octanol–water partition coefficient (Wildman–Crippen LogP) is 1.46. The van der Waals surface area contributed by atoms with Gasteiger partial charge in [0.2, 0.25) is 0 Å². The summed E-state index contributed by atoms with van der Waals surface area (Å²) in [5.74, 6) is -0.131. The Hall–Kier alpha value is -1.78. The number of hydrogen-bond donors (Lipinski definition) is 1. The van der Waals surface area contributed by atoms with Crippen LogP contribution in [0.5, 0.6) is 11.5 Å². The first-order chi connectivity index (χ1) is 7.45. The molecule has 5 nitrogen and oxygen atoms in total. The van der Waals surface area contributed by atoms with Crippen molar-refractivity contribution in [2.24, 2.45) is 0 Å². The van der Waals surface area contributed by atoms with Crippen molar-refractivity contribution in [3.63, 3.8) is 0 Å². The van der Waals surface area contributed by atoms with Gasteiger partial charge in [0.15, 0.2) is 0 Å². The summed E-state index contributed by atoms with van der Waals surface area (Å²) in [5, 5.41) is 9.20. The molecule has 5 heteroatoms. The first kappa shape index (κ1) is 12.3. The standard InChI is InChI=1S/C11H15NO4/c1-11(2,10(13)14)9-7(15-3)5-12-6-8(9)16-4/h5-6H,1-4H3,(H,13,14). The Bertz CT molecular complexity index is 379. The quantitative estimate of drug-likeness (QED) is 0.840. The Labute approximate surface area is 94.0 Å². The third-order valence-corrected chi connectivity index (χ3v) is 2.48. The maximum absolute atomic E-state index is 11.2. The Morgan fingerprint density at radius 3 is 2.00 bits per heavy atom. The maximum atomic E-state index is 11.2. The van der Waals surface area contributed by atoms with Gasteiger partial charge in [0.05, 0.1) is 37.6 Å². The highest BCUT2D eigenvalue weighted by molar-refractivity contribution is 5.82. The molecule has 0 amide bonds. The van der Waals surface area contributed by atoms with Gasteiger partial charge in [-0.25, -0.2) is 0 Å². The summed E-state index contributed by atoms with van der Waals surface area (Å²) in [6.07, 6.45) is 2.95. The van der Waals surface area contributed by atoms with Gasteiger partial charge in [-0.3, -0.25) is 9.78 Å². The summed E-state index contributed by atoms with van der Waals surface area (Å²) < 4.78 is 10.2. The number of carbonyl (C=O) groups is 1. The molecule has 1 heterocycles. The number of aromatic nitrogens is 1. The summed E-state index contributed by atoms with van der Waals surface area (Å²) in [6, 6.07) is 0. The molecule has 0 atom stereocenters. The van der Waals surface area contributed by atoms with Gasteiger partial charge in [0, 0.05) is 0 Å². The molecule has 1 rings (SSSR count). The fourth-order valence-corrected chi connectivity index (χ4v) is 1.46. The fraction of sp³-hybridized carbons (Fsp3) is 0.455. The van der Waals surface area contributed by atoms with Gasteiger partial charge in [0.25, 0.3) is 0 Å². The van der Waals surface area contributed by atoms with Crippen LogP contribution in [0.15, 0.2) is 12.4 Å². The van der Waals surface area contributed by atoms with E-state index in [4.69, 9.17) is 9.47 Å². The largest absolute Gasteiger partial charge is 0.495 e. The van der Waals surface area contributed by atoms with Gasteiger partial charge in [-0.2, -0.15) is 0 Å². The summed E-state index contributed by atoms with van der Waals surface area (Å²) in [4.78, 5) is 15.1. The van der Waals surface area contributed by atoms with Gasteiger partial charge in [0.1, 0.15) is 11.5 Å². The van der Waals surface area contributed by atoms with Crippen molar-refractivity contribution in [3.8, 4) is 11.5 Å². The Morgan fingerprint density at radius 2 is 1.69 bits per heavy atom. The second kappa shape index (κ2) is 4.38. The molecule has 1 aromatic rings. The third kappa shape index (κ3) is 1.93. The van der Waals surface area contributed by atoms with Crippen LogP contribution in [0.3, 0.4) is 0 Å². The molecule has 0 aromatic carbocycles. The SMILES string of the molecule is COc1cncc(OC)c1C(C)(C)C(=O)O. The predicted molar refractivity (Wildman–Crippen MR) is 58.0 cm³/mol. The van der Waals surface area contributed by atoms with Crippen molar-refractivity contribution in [3.05, 3.63) is 18.0 Å². The Balaban J connectivity index is 3.45. The number of hydrogen-bond acceptors (Lipinski definition) is 4. The van der Waals surface area contributed by atoms with E-state index in [-0.39, 0.29) is 0 Å². The molecule has 0 aliphatic rings. The number of nitrogens with zero attached hydrogens (tertiary/aromatic N) is 1. The Kier molecular flexibility index (Phi) is 3.37. The molecular weight excluding hydrogens is 210 g/mol. The highest BCUT2D eigenvalue weighted by Crippen LogP contribution is 2.38. The van der Waals surface area contributed by atoms with E-state index >= 15 is 0 Å². The fourth-order valence-electron chi connectivity index (χ4n) is 1.46. The molecule has 1 N–H and O–H groups in total. The van der Waals surface area contributed by atoms with E-state index < -0.39 is 11.4 Å². The van der Waals surface area contributed by atoms with Gasteiger partial charge < -0.3 is 14.6 Å². The second-order valence-electron chi connectivity index (χ2n) is 3.85. The zero-order valence-electron chi connectivity index (χ0n) is 9.77. The van der Waals surface area contributed by atoms with Crippen molar-refractivity contribution in [1.82, 2.24) is 4.98 Å². The molecule has 0 aliphatic heterocycles. The topological polar surface area (TPSA) is 68.7 Å². The van der Waals surface area contributed by atoms with Crippen molar-refractivity contribution < 1.29 is 19.4 Å². The van der Waals surface area contributed by atoms with Gasteiger partial charge in [-0.15, -0.1) is 0 Å². The van der Waals surface area contributed by atoms with E-state index in [9.17, 15) is 9.90 Å². The van der Waals surface area contributed by atoms with Crippen molar-refractivity contribution in [2.45, 2.75) is 19.3 Å². The molecule has 0 radical (unpaired) electrons. The van der Waals surface area contributed by atoms with Gasteiger partial charge in [-0.1, -0.05) is 0 Å². The first-order valence-corrected chi connectivity index (χ1v) is 4.75. The van der Waals surface area contributed by atoms with E-state index in [1.54, 1.807) is 13.8 Å². The van der Waals surface area contributed by atoms with E-state index in [0.29, 0.717) is 17.1 Å². The molecular formula is C11H15NO4. The molecule has 0 saturated carbocycles. The van der Waals surface area contributed by atoms with Crippen LogP contribution in [0.2, 0.25) is 0 Å². The van der Waals surface area contributed by atoms with Crippen LogP contribution < -0.4 is 9.47 Å². The first-order valence-electron chi connectivity index (χ1n) is 4.75. The summed E-state index contributed by atoms with van der Waals surface area (Å²) >= 11 is 0. The van der Waals surface area contributed by atoms with Crippen molar-refractivity contribution in [2.75, 3.05) is 14.2 Å². The lowest BCUT2D eigenvalue weighted by molar-refractivity contribution is -0.142. The second-order valence-corrected chi connectivity index (χ2v) is 3.85. The number of aliphatic carboxylic acids is 1. The van der Waals surface area contributed by atoms with Gasteiger partial charge >= 0.3 is 5.97 Å². The van der Waals surface area contributed by atoms with Crippen LogP contribution in [0.1, 0.15) is 19.4 Å². The normalized spacial score (nSPS) is 11.0. The molecule has 0 spiro atoms. The average Bonchev–Trinajstić information content (AvgIpc) is 2.27. The molecule has 0 saturated heterocycles. The molecule has 1 aromatic heterocycles. The van der Waals surface area contributed by atoms with Crippen molar-refractivity contribution >= 4 is 5.97 Å². The average molecular weight is 225 g/mol. The number of carboxylic acids is 1. The number of rotatable bonds is 4. The van der Waals surface area contributed by atoms with Crippen LogP contribution in [0, 0.1) is 0 Å². The maximum Gasteiger partial charge on any atom is 0.313 e. The summed E-state index contributed by atoms with van der Waals surface area (Å²) in [5.41, 5.74) is -0.611. The van der Waals surface area contributed by atoms with Crippen LogP contribution in [0.25, 0.3) is 0 Å². The van der Waals surface area contributed by atoms with Crippen molar-refractivity contribution in [1.29, 1.82) is 0 Å². The van der Waals surface area contributed by atoms with E-state index in [1.807, 2.05) is 0 Å². The monoisotopic (exact) mass is 225 g/mol. The zero-order chi connectivity index (χ0) is 12.3. The minimum atomic E-state index is -1.10. The van der Waals surface area contributed by atoms with Crippen LogP contribution in [0.4, 0.5) is 0 Å². The van der Waals surface area contributed by atoms with Gasteiger partial charge in [-0.05, 0) is 13.8 Å². The van der Waals surface area contributed by atoms with Crippen LogP contribution >= 0.6 is 0 Å². The lowest BCUT2D eigenvalue weighted by Crippen LogP contribution is -2.29. The summed E-state index contributed by atoms with van der Waals surface area (Å²) in [7, 11) is 2.94. The summed E-state index contributed by atoms with van der Waals surface area (Å²) in [6.45, 7) is 3.19. The Morgan fingerprint density at radius 1 is 1.25 bits per heavy atom. The van der Waals surface area contributed by atoms with E-state index in [2.05, 4.69) is 4.98 Å². The molecule has 0 fully saturated rings. The molecule has 0 aliphatic carbocycles. The number of methoxy groups -OCH3 is 2. The lowest BCUT2D eigenvalue weighted by Gasteiger charge is -2.24. The number of pyridine rings is 1. The molecule has 0 unspecified atom stereocenters. The minimum Gasteiger partial charge on any atom is -0.495 e. The van der Waals surface area contributed by atoms with E-state index in [1.165, 1.54) is 26.6 Å². The molecule has 16 heavy (non-hydrogen) atoms. The lowest BCUT2D eigenvalue weighted by atomic mass is 9.84. The molecule has 0 bridgehead atoms. The number of carboxylic acid groups (broad SMARTS) is 1. The van der Waals surface area contributed by atoms with Crippen LogP contribution in [-0.4, -0.2) is 30.3 Å². The highest BCUT2D eigenvalue weighted by atomic mass is 16.5. The van der Waals surface area contributed by atoms with Crippen LogP contribution in [-0.2, 0) is 10.2 Å². The minimum absolute atomic E-state index is 0.409. The number of ether oxygens (including phenoxy) is 2. The van der Waals surface area contributed by atoms with E-state index in [0.717, 1.165) is 0 Å². The zero-order valence-corrected chi connectivity index (χ0v) is 9.77. The smallest absolute Gasteiger partial charge is 0.313 e. The third-order valence-electron chi connectivity index (χ3n) is 2.48.